The van der Waals surface area contributed by atoms with Crippen LogP contribution in [0.1, 0.15) is 19.4 Å². The lowest BCUT2D eigenvalue weighted by atomic mass is 10.1. The summed E-state index contributed by atoms with van der Waals surface area (Å²) in [6, 6.07) is 7.18. The molecule has 1 aromatic rings. The summed E-state index contributed by atoms with van der Waals surface area (Å²) in [6.07, 6.45) is -0.990. The molecule has 1 atom stereocenters. The van der Waals surface area contributed by atoms with Crippen LogP contribution < -0.4 is 10.7 Å². The first kappa shape index (κ1) is 12.1. The Balaban J connectivity index is 2.28. The fourth-order valence-electron chi connectivity index (χ4n) is 1.70. The third-order valence-corrected chi connectivity index (χ3v) is 2.42. The van der Waals surface area contributed by atoms with Crippen molar-refractivity contribution in [3.05, 3.63) is 29.8 Å². The standard InChI is InChI=1S/C12H13N3O3/c1-7-11(14-15-12(17)18-7)9-4-3-5-10(6-9)13-8(2)16/h3-7H,1-2H3,(H,13,16)(H,15,17). The molecule has 1 heterocycles. The molecule has 2 amide bonds. The van der Waals surface area contributed by atoms with Gasteiger partial charge in [0.1, 0.15) is 11.8 Å². The third kappa shape index (κ3) is 2.65. The minimum atomic E-state index is -0.565. The maximum atomic E-state index is 11.0. The Morgan fingerprint density at radius 3 is 2.94 bits per heavy atom. The maximum absolute atomic E-state index is 11.0. The van der Waals surface area contributed by atoms with Gasteiger partial charge in [-0.25, -0.2) is 10.2 Å². The predicted octanol–water partition coefficient (Wildman–Crippen LogP) is 1.48. The number of cyclic esters (lactones) is 1. The van der Waals surface area contributed by atoms with Crippen molar-refractivity contribution in [2.75, 3.05) is 5.32 Å². The van der Waals surface area contributed by atoms with E-state index < -0.39 is 12.2 Å². The van der Waals surface area contributed by atoms with Crippen molar-refractivity contribution in [3.63, 3.8) is 0 Å². The highest BCUT2D eigenvalue weighted by atomic mass is 16.6. The van der Waals surface area contributed by atoms with Crippen LogP contribution in [-0.4, -0.2) is 23.8 Å². The molecule has 1 unspecified atom stereocenters. The molecule has 0 bridgehead atoms. The summed E-state index contributed by atoms with van der Waals surface area (Å²) in [6.45, 7) is 3.18. The number of carbonyl (C=O) groups excluding carboxylic acids is 2. The van der Waals surface area contributed by atoms with E-state index in [4.69, 9.17) is 4.74 Å². The second kappa shape index (κ2) is 4.87. The van der Waals surface area contributed by atoms with Crippen molar-refractivity contribution in [2.45, 2.75) is 20.0 Å². The number of carbonyl (C=O) groups is 2. The van der Waals surface area contributed by atoms with Gasteiger partial charge >= 0.3 is 6.09 Å². The molecule has 18 heavy (non-hydrogen) atoms. The minimum absolute atomic E-state index is 0.143. The van der Waals surface area contributed by atoms with Gasteiger partial charge in [0, 0.05) is 18.2 Å². The van der Waals surface area contributed by atoms with Gasteiger partial charge in [0.2, 0.25) is 5.91 Å². The van der Waals surface area contributed by atoms with E-state index in [1.807, 2.05) is 6.07 Å². The fraction of sp³-hybridized carbons (Fsp3) is 0.250. The molecule has 0 saturated carbocycles. The summed E-state index contributed by atoms with van der Waals surface area (Å²) >= 11 is 0. The molecule has 0 fully saturated rings. The molecule has 0 radical (unpaired) electrons. The van der Waals surface area contributed by atoms with Gasteiger partial charge in [0.05, 0.1) is 0 Å². The second-order valence-electron chi connectivity index (χ2n) is 3.92. The number of anilines is 1. The van der Waals surface area contributed by atoms with Crippen molar-refractivity contribution < 1.29 is 14.3 Å². The van der Waals surface area contributed by atoms with Gasteiger partial charge < -0.3 is 10.1 Å². The maximum Gasteiger partial charge on any atom is 0.428 e. The molecule has 0 saturated heterocycles. The zero-order valence-corrected chi connectivity index (χ0v) is 10.1. The lowest BCUT2D eigenvalue weighted by Crippen LogP contribution is -2.37. The van der Waals surface area contributed by atoms with Crippen molar-refractivity contribution in [3.8, 4) is 0 Å². The van der Waals surface area contributed by atoms with E-state index in [9.17, 15) is 9.59 Å². The van der Waals surface area contributed by atoms with Crippen LogP contribution in [0.2, 0.25) is 0 Å². The van der Waals surface area contributed by atoms with Crippen LogP contribution in [0.15, 0.2) is 29.4 Å². The average Bonchev–Trinajstić information content (AvgIpc) is 2.28. The van der Waals surface area contributed by atoms with Crippen molar-refractivity contribution >= 4 is 23.4 Å². The molecule has 1 aliphatic rings. The van der Waals surface area contributed by atoms with Gasteiger partial charge in [-0.05, 0) is 19.1 Å². The van der Waals surface area contributed by atoms with Gasteiger partial charge in [-0.1, -0.05) is 12.1 Å². The summed E-state index contributed by atoms with van der Waals surface area (Å²) in [7, 11) is 0. The lowest BCUT2D eigenvalue weighted by Gasteiger charge is -2.20. The molecule has 94 valence electrons. The first-order valence-electron chi connectivity index (χ1n) is 5.48. The summed E-state index contributed by atoms with van der Waals surface area (Å²) in [5, 5.41) is 6.65. The number of hydrazone groups is 1. The van der Waals surface area contributed by atoms with Crippen LogP contribution in [0, 0.1) is 0 Å². The Bertz CT molecular complexity index is 525. The molecule has 6 heteroatoms. The first-order valence-corrected chi connectivity index (χ1v) is 5.48. The summed E-state index contributed by atoms with van der Waals surface area (Å²) in [5.41, 5.74) is 4.33. The summed E-state index contributed by atoms with van der Waals surface area (Å²) < 4.78 is 5.01. The normalized spacial score (nSPS) is 18.4. The zero-order chi connectivity index (χ0) is 13.1. The van der Waals surface area contributed by atoms with Crippen LogP contribution in [0.4, 0.5) is 10.5 Å². The SMILES string of the molecule is CC(=O)Nc1cccc(C2=NNC(=O)OC2C)c1. The number of amides is 2. The predicted molar refractivity (Wildman–Crippen MR) is 66.4 cm³/mol. The van der Waals surface area contributed by atoms with E-state index in [0.717, 1.165) is 5.56 Å². The number of nitrogens with zero attached hydrogens (tertiary/aromatic N) is 1. The third-order valence-electron chi connectivity index (χ3n) is 2.42. The molecule has 0 aromatic heterocycles. The second-order valence-corrected chi connectivity index (χ2v) is 3.92. The van der Waals surface area contributed by atoms with Crippen LogP contribution in [0.5, 0.6) is 0 Å². The van der Waals surface area contributed by atoms with Gasteiger partial charge in [-0.15, -0.1) is 0 Å². The van der Waals surface area contributed by atoms with Gasteiger partial charge in [0.25, 0.3) is 0 Å². The molecule has 2 N–H and O–H groups in total. The number of hydrogen-bond acceptors (Lipinski definition) is 4. The Morgan fingerprint density at radius 2 is 2.28 bits per heavy atom. The Kier molecular flexibility index (Phi) is 3.27. The fourth-order valence-corrected chi connectivity index (χ4v) is 1.70. The minimum Gasteiger partial charge on any atom is -0.439 e. The molecule has 6 nitrogen and oxygen atoms in total. The molecule has 0 spiro atoms. The molecule has 0 aliphatic carbocycles. The van der Waals surface area contributed by atoms with E-state index in [-0.39, 0.29) is 5.91 Å². The van der Waals surface area contributed by atoms with Crippen LogP contribution in [-0.2, 0) is 9.53 Å². The van der Waals surface area contributed by atoms with Crippen LogP contribution in [0.25, 0.3) is 0 Å². The molecular weight excluding hydrogens is 234 g/mol. The zero-order valence-electron chi connectivity index (χ0n) is 10.1. The highest BCUT2D eigenvalue weighted by Gasteiger charge is 2.22. The van der Waals surface area contributed by atoms with E-state index >= 15 is 0 Å². The number of nitrogens with one attached hydrogen (secondary N) is 2. The molecule has 2 rings (SSSR count). The van der Waals surface area contributed by atoms with E-state index in [0.29, 0.717) is 11.4 Å². The van der Waals surface area contributed by atoms with Gasteiger partial charge in [-0.3, -0.25) is 4.79 Å². The largest absolute Gasteiger partial charge is 0.439 e. The van der Waals surface area contributed by atoms with Crippen molar-refractivity contribution in [2.24, 2.45) is 5.10 Å². The Morgan fingerprint density at radius 1 is 1.50 bits per heavy atom. The highest BCUT2D eigenvalue weighted by Crippen LogP contribution is 2.15. The van der Waals surface area contributed by atoms with Gasteiger partial charge in [-0.2, -0.15) is 5.10 Å². The lowest BCUT2D eigenvalue weighted by molar-refractivity contribution is -0.114. The Labute approximate surface area is 104 Å². The van der Waals surface area contributed by atoms with Crippen LogP contribution >= 0.6 is 0 Å². The van der Waals surface area contributed by atoms with Crippen LogP contribution in [0.3, 0.4) is 0 Å². The van der Waals surface area contributed by atoms with E-state index in [2.05, 4.69) is 15.8 Å². The topological polar surface area (TPSA) is 79.8 Å². The summed E-state index contributed by atoms with van der Waals surface area (Å²) in [4.78, 5) is 22.0. The van der Waals surface area contributed by atoms with Gasteiger partial charge in [0.15, 0.2) is 0 Å². The van der Waals surface area contributed by atoms with Crippen molar-refractivity contribution in [1.82, 2.24) is 5.43 Å². The quantitative estimate of drug-likeness (QED) is 0.830. The summed E-state index contributed by atoms with van der Waals surface area (Å²) in [5.74, 6) is -0.143. The monoisotopic (exact) mass is 247 g/mol. The number of benzene rings is 1. The van der Waals surface area contributed by atoms with Crippen molar-refractivity contribution in [1.29, 1.82) is 0 Å². The highest BCUT2D eigenvalue weighted by molar-refractivity contribution is 6.06. The average molecular weight is 247 g/mol. The first-order chi connectivity index (χ1) is 8.56. The Hall–Kier alpha value is -2.37. The molecule has 1 aliphatic heterocycles. The number of hydrogen-bond donors (Lipinski definition) is 2. The number of rotatable bonds is 2. The molecule has 1 aromatic carbocycles. The molecular formula is C12H13N3O3. The number of ether oxygens (including phenoxy) is 1. The van der Waals surface area contributed by atoms with E-state index in [1.54, 1.807) is 25.1 Å². The smallest absolute Gasteiger partial charge is 0.428 e. The van der Waals surface area contributed by atoms with E-state index in [1.165, 1.54) is 6.92 Å².